The van der Waals surface area contributed by atoms with Crippen molar-refractivity contribution in [1.29, 1.82) is 0 Å². The van der Waals surface area contributed by atoms with Gasteiger partial charge in [-0.05, 0) is 44.6 Å². The van der Waals surface area contributed by atoms with Gasteiger partial charge >= 0.3 is 0 Å². The smallest absolute Gasteiger partial charge is 0.184 e. The minimum atomic E-state index is -0.870. The molecule has 102 valence electrons. The Morgan fingerprint density at radius 3 is 2.84 bits per heavy atom. The second kappa shape index (κ2) is 4.11. The van der Waals surface area contributed by atoms with Gasteiger partial charge in [-0.1, -0.05) is 0 Å². The lowest BCUT2D eigenvalue weighted by molar-refractivity contribution is 0.0768. The number of nitrogens with one attached hydrogen (secondary N) is 1. The Balaban J connectivity index is 2.38. The first-order valence-electron chi connectivity index (χ1n) is 6.16. The van der Waals surface area contributed by atoms with Crippen LogP contribution < -0.4 is 0 Å². The van der Waals surface area contributed by atoms with E-state index in [0.717, 1.165) is 6.07 Å². The number of halogens is 2. The van der Waals surface area contributed by atoms with Gasteiger partial charge in [0.15, 0.2) is 16.4 Å². The van der Waals surface area contributed by atoms with Gasteiger partial charge in [-0.3, -0.25) is 0 Å². The fraction of sp³-hybridized carbons (Fsp3) is 0.462. The molecule has 2 unspecified atom stereocenters. The van der Waals surface area contributed by atoms with Crippen LogP contribution >= 0.6 is 12.2 Å². The van der Waals surface area contributed by atoms with Gasteiger partial charge in [0.05, 0.1) is 17.2 Å². The summed E-state index contributed by atoms with van der Waals surface area (Å²) in [5.41, 5.74) is 0.221. The molecule has 1 aliphatic rings. The molecule has 6 heteroatoms. The molecular weight excluding hydrogens is 270 g/mol. The van der Waals surface area contributed by atoms with Crippen LogP contribution in [-0.2, 0) is 10.3 Å². The number of aromatic amines is 1. The molecule has 1 aromatic heterocycles. The largest absolute Gasteiger partial charge is 0.376 e. The van der Waals surface area contributed by atoms with E-state index >= 15 is 0 Å². The fourth-order valence-corrected chi connectivity index (χ4v) is 3.15. The highest BCUT2D eigenvalue weighted by molar-refractivity contribution is 7.71. The van der Waals surface area contributed by atoms with E-state index in [1.165, 1.54) is 6.07 Å². The van der Waals surface area contributed by atoms with Gasteiger partial charge in [-0.2, -0.15) is 0 Å². The summed E-state index contributed by atoms with van der Waals surface area (Å²) in [6.45, 7) is 4.46. The van der Waals surface area contributed by atoms with E-state index in [9.17, 15) is 8.78 Å². The summed E-state index contributed by atoms with van der Waals surface area (Å²) in [6.07, 6.45) is 0.603. The number of benzene rings is 1. The Hall–Kier alpha value is -1.27. The Morgan fingerprint density at radius 1 is 1.47 bits per heavy atom. The van der Waals surface area contributed by atoms with Crippen molar-refractivity contribution in [2.75, 3.05) is 6.61 Å². The number of ether oxygens (including phenoxy) is 1. The Kier molecular flexibility index (Phi) is 2.76. The van der Waals surface area contributed by atoms with E-state index in [0.29, 0.717) is 23.3 Å². The number of aromatic nitrogens is 2. The molecule has 1 aliphatic heterocycles. The molecule has 0 radical (unpaired) electrons. The molecule has 2 atom stereocenters. The van der Waals surface area contributed by atoms with Crippen LogP contribution in [0.4, 0.5) is 8.78 Å². The Labute approximate surface area is 114 Å². The molecule has 1 aromatic carbocycles. The lowest BCUT2D eigenvalue weighted by atomic mass is 9.94. The number of hydrogen-bond acceptors (Lipinski definition) is 2. The van der Waals surface area contributed by atoms with E-state index in [1.54, 1.807) is 4.57 Å². The third-order valence-electron chi connectivity index (χ3n) is 4.10. The number of imidazole rings is 1. The first kappa shape index (κ1) is 12.7. The van der Waals surface area contributed by atoms with E-state index in [1.807, 2.05) is 13.8 Å². The van der Waals surface area contributed by atoms with Crippen molar-refractivity contribution >= 4 is 23.3 Å². The van der Waals surface area contributed by atoms with Crippen molar-refractivity contribution in [2.24, 2.45) is 0 Å². The number of rotatable bonds is 1. The van der Waals surface area contributed by atoms with E-state index < -0.39 is 17.2 Å². The summed E-state index contributed by atoms with van der Waals surface area (Å²) < 4.78 is 35.2. The number of H-pyrrole nitrogens is 1. The highest BCUT2D eigenvalue weighted by Crippen LogP contribution is 2.37. The topological polar surface area (TPSA) is 29.9 Å². The van der Waals surface area contributed by atoms with Crippen LogP contribution in [0.2, 0.25) is 0 Å². The predicted octanol–water partition coefficient (Wildman–Crippen LogP) is 3.50. The first-order valence-corrected chi connectivity index (χ1v) is 6.57. The maximum absolute atomic E-state index is 14.1. The Bertz CT molecular complexity index is 708. The van der Waals surface area contributed by atoms with E-state index in [4.69, 9.17) is 17.0 Å². The molecule has 0 bridgehead atoms. The second-order valence-corrected chi connectivity index (χ2v) is 5.53. The van der Waals surface area contributed by atoms with Crippen molar-refractivity contribution in [3.63, 3.8) is 0 Å². The molecule has 0 amide bonds. The van der Waals surface area contributed by atoms with Crippen molar-refractivity contribution in [3.05, 3.63) is 28.5 Å². The number of hydrogen-bond donors (Lipinski definition) is 1. The van der Waals surface area contributed by atoms with Gasteiger partial charge in [-0.15, -0.1) is 0 Å². The van der Waals surface area contributed by atoms with Crippen LogP contribution in [0, 0.1) is 16.4 Å². The maximum Gasteiger partial charge on any atom is 0.184 e. The van der Waals surface area contributed by atoms with Crippen LogP contribution in [0.25, 0.3) is 11.0 Å². The van der Waals surface area contributed by atoms with Gasteiger partial charge in [0.25, 0.3) is 0 Å². The van der Waals surface area contributed by atoms with Gasteiger partial charge in [0.2, 0.25) is 0 Å². The van der Waals surface area contributed by atoms with Crippen molar-refractivity contribution < 1.29 is 13.5 Å². The molecule has 1 saturated heterocycles. The quantitative estimate of drug-likeness (QED) is 0.812. The lowest BCUT2D eigenvalue weighted by Crippen LogP contribution is -2.37. The number of fused-ring (bicyclic) bond motifs is 1. The Morgan fingerprint density at radius 2 is 2.21 bits per heavy atom. The lowest BCUT2D eigenvalue weighted by Gasteiger charge is -2.30. The standard InChI is InChI=1S/C13H14F2N2OS/c1-7-13(2,5-6-18-7)17-11-9(16-12(17)19)4-3-8(14)10(11)15/h3-4,7H,5-6H2,1-2H3,(H,16,19). The van der Waals surface area contributed by atoms with Gasteiger partial charge < -0.3 is 14.3 Å². The zero-order chi connectivity index (χ0) is 13.8. The highest BCUT2D eigenvalue weighted by Gasteiger charge is 2.40. The van der Waals surface area contributed by atoms with Crippen LogP contribution in [-0.4, -0.2) is 22.3 Å². The van der Waals surface area contributed by atoms with Crippen LogP contribution in [0.3, 0.4) is 0 Å². The zero-order valence-electron chi connectivity index (χ0n) is 10.7. The van der Waals surface area contributed by atoms with Crippen LogP contribution in [0.15, 0.2) is 12.1 Å². The van der Waals surface area contributed by atoms with E-state index in [-0.39, 0.29) is 11.6 Å². The molecule has 1 fully saturated rings. The third kappa shape index (κ3) is 1.66. The minimum Gasteiger partial charge on any atom is -0.376 e. The molecule has 0 aliphatic carbocycles. The zero-order valence-corrected chi connectivity index (χ0v) is 11.5. The monoisotopic (exact) mass is 284 g/mol. The van der Waals surface area contributed by atoms with Crippen LogP contribution in [0.5, 0.6) is 0 Å². The molecule has 2 aromatic rings. The molecule has 1 N–H and O–H groups in total. The molecule has 0 spiro atoms. The molecule has 2 heterocycles. The van der Waals surface area contributed by atoms with Gasteiger partial charge in [-0.25, -0.2) is 8.78 Å². The average molecular weight is 284 g/mol. The van der Waals surface area contributed by atoms with Crippen molar-refractivity contribution in [2.45, 2.75) is 31.9 Å². The van der Waals surface area contributed by atoms with Crippen LogP contribution in [0.1, 0.15) is 20.3 Å². The van der Waals surface area contributed by atoms with E-state index in [2.05, 4.69) is 4.98 Å². The fourth-order valence-electron chi connectivity index (χ4n) is 2.74. The summed E-state index contributed by atoms with van der Waals surface area (Å²) in [7, 11) is 0. The third-order valence-corrected chi connectivity index (χ3v) is 4.38. The molecule has 19 heavy (non-hydrogen) atoms. The average Bonchev–Trinajstić information content (AvgIpc) is 2.86. The number of nitrogens with zero attached hydrogens (tertiary/aromatic N) is 1. The predicted molar refractivity (Wildman–Crippen MR) is 70.7 cm³/mol. The SMILES string of the molecule is CC1OCCC1(C)n1c(=S)[nH]c2ccc(F)c(F)c21. The summed E-state index contributed by atoms with van der Waals surface area (Å²) in [4.78, 5) is 2.93. The molecule has 3 rings (SSSR count). The maximum atomic E-state index is 14.1. The molecule has 0 saturated carbocycles. The summed E-state index contributed by atoms with van der Waals surface area (Å²) in [6, 6.07) is 2.61. The second-order valence-electron chi connectivity index (χ2n) is 5.14. The van der Waals surface area contributed by atoms with Gasteiger partial charge in [0.1, 0.15) is 5.52 Å². The first-order chi connectivity index (χ1) is 8.95. The molecular formula is C13H14F2N2OS. The summed E-state index contributed by atoms with van der Waals surface area (Å²) >= 11 is 5.28. The highest BCUT2D eigenvalue weighted by atomic mass is 32.1. The summed E-state index contributed by atoms with van der Waals surface area (Å²) in [5.74, 6) is -1.74. The minimum absolute atomic E-state index is 0.110. The molecule has 3 nitrogen and oxygen atoms in total. The summed E-state index contributed by atoms with van der Waals surface area (Å²) in [5, 5.41) is 0. The van der Waals surface area contributed by atoms with Crippen molar-refractivity contribution in [3.8, 4) is 0 Å². The van der Waals surface area contributed by atoms with Crippen molar-refractivity contribution in [1.82, 2.24) is 9.55 Å². The van der Waals surface area contributed by atoms with Gasteiger partial charge in [0, 0.05) is 6.61 Å². The normalized spacial score (nSPS) is 27.3.